The minimum absolute atomic E-state index is 0. The number of aliphatic carboxylic acids is 1. The van der Waals surface area contributed by atoms with E-state index in [1.165, 1.54) is 0 Å². The van der Waals surface area contributed by atoms with E-state index in [9.17, 15) is 9.90 Å². The minimum Gasteiger partial charge on any atom is -0.480 e. The molecule has 0 radical (unpaired) electrons. The van der Waals surface area contributed by atoms with Gasteiger partial charge in [0, 0.05) is 5.92 Å². The second-order valence-electron chi connectivity index (χ2n) is 5.02. The Balaban J connectivity index is 0.00000180. The molecule has 1 saturated heterocycles. The first-order valence-electron chi connectivity index (χ1n) is 6.37. The highest BCUT2D eigenvalue weighted by Gasteiger charge is 2.29. The van der Waals surface area contributed by atoms with Crippen LogP contribution in [0.4, 0.5) is 0 Å². The number of carboxylic acid groups (broad SMARTS) is 1. The average Bonchev–Trinajstić information content (AvgIpc) is 2.78. The van der Waals surface area contributed by atoms with Crippen LogP contribution in [0.5, 0.6) is 0 Å². The van der Waals surface area contributed by atoms with Crippen LogP contribution >= 0.6 is 12.4 Å². The highest BCUT2D eigenvalue weighted by Crippen LogP contribution is 2.19. The van der Waals surface area contributed by atoms with Crippen LogP contribution in [0.3, 0.4) is 0 Å². The number of halogens is 1. The van der Waals surface area contributed by atoms with E-state index in [1.807, 2.05) is 18.7 Å². The molecule has 0 amide bonds. The van der Waals surface area contributed by atoms with Crippen LogP contribution in [0.1, 0.15) is 50.7 Å². The maximum absolute atomic E-state index is 11.2. The van der Waals surface area contributed by atoms with Gasteiger partial charge in [-0.15, -0.1) is 12.4 Å². The molecule has 108 valence electrons. The van der Waals surface area contributed by atoms with Crippen LogP contribution < -0.4 is 0 Å². The van der Waals surface area contributed by atoms with Gasteiger partial charge in [0.25, 0.3) is 0 Å². The molecule has 6 nitrogen and oxygen atoms in total. The maximum atomic E-state index is 11.2. The van der Waals surface area contributed by atoms with Crippen LogP contribution in [0.15, 0.2) is 4.52 Å². The Morgan fingerprint density at radius 2 is 2.26 bits per heavy atom. The number of hydrogen-bond acceptors (Lipinski definition) is 5. The number of hydrogen-bond donors (Lipinski definition) is 1. The van der Waals surface area contributed by atoms with Gasteiger partial charge in [0.05, 0.1) is 6.54 Å². The lowest BCUT2D eigenvalue weighted by molar-refractivity contribution is -0.144. The van der Waals surface area contributed by atoms with Crippen molar-refractivity contribution in [3.8, 4) is 0 Å². The summed E-state index contributed by atoms with van der Waals surface area (Å²) in [5.74, 6) is 0.617. The first-order chi connectivity index (χ1) is 8.58. The fourth-order valence-corrected chi connectivity index (χ4v) is 2.21. The van der Waals surface area contributed by atoms with Crippen LogP contribution in [-0.4, -0.2) is 38.7 Å². The SMILES string of the molecule is CC(C)c1nc(CN2CCCCC2C(=O)O)no1.Cl. The van der Waals surface area contributed by atoms with Gasteiger partial charge in [-0.2, -0.15) is 4.98 Å². The van der Waals surface area contributed by atoms with E-state index in [-0.39, 0.29) is 18.3 Å². The quantitative estimate of drug-likeness (QED) is 0.914. The van der Waals surface area contributed by atoms with E-state index in [0.717, 1.165) is 19.4 Å². The smallest absolute Gasteiger partial charge is 0.320 e. The zero-order valence-electron chi connectivity index (χ0n) is 11.2. The van der Waals surface area contributed by atoms with E-state index in [0.29, 0.717) is 24.7 Å². The van der Waals surface area contributed by atoms with Crippen molar-refractivity contribution in [3.63, 3.8) is 0 Å². The summed E-state index contributed by atoms with van der Waals surface area (Å²) in [6.45, 7) is 5.20. The third-order valence-electron chi connectivity index (χ3n) is 3.22. The van der Waals surface area contributed by atoms with Gasteiger partial charge in [0.2, 0.25) is 5.89 Å². The summed E-state index contributed by atoms with van der Waals surface area (Å²) in [7, 11) is 0. The standard InChI is InChI=1S/C12H19N3O3.ClH/c1-8(2)11-13-10(14-18-11)7-15-6-4-3-5-9(15)12(16)17;/h8-9H,3-7H2,1-2H3,(H,16,17);1H. The van der Waals surface area contributed by atoms with Crippen molar-refractivity contribution in [3.05, 3.63) is 11.7 Å². The highest BCUT2D eigenvalue weighted by atomic mass is 35.5. The molecule has 7 heteroatoms. The van der Waals surface area contributed by atoms with Crippen molar-refractivity contribution in [2.75, 3.05) is 6.54 Å². The molecule has 19 heavy (non-hydrogen) atoms. The first kappa shape index (κ1) is 15.9. The molecule has 1 unspecified atom stereocenters. The van der Waals surface area contributed by atoms with Crippen molar-refractivity contribution in [1.29, 1.82) is 0 Å². The fraction of sp³-hybridized carbons (Fsp3) is 0.750. The summed E-state index contributed by atoms with van der Waals surface area (Å²) in [5, 5.41) is 13.1. The summed E-state index contributed by atoms with van der Waals surface area (Å²) in [4.78, 5) is 17.4. The van der Waals surface area contributed by atoms with Gasteiger partial charge in [0.15, 0.2) is 5.82 Å². The van der Waals surface area contributed by atoms with E-state index in [4.69, 9.17) is 4.52 Å². The second kappa shape index (κ2) is 6.86. The van der Waals surface area contributed by atoms with Gasteiger partial charge in [0.1, 0.15) is 6.04 Å². The lowest BCUT2D eigenvalue weighted by atomic mass is 10.0. The van der Waals surface area contributed by atoms with Gasteiger partial charge in [-0.1, -0.05) is 25.4 Å². The van der Waals surface area contributed by atoms with E-state index < -0.39 is 12.0 Å². The molecule has 1 atom stereocenters. The van der Waals surface area contributed by atoms with E-state index in [1.54, 1.807) is 0 Å². The van der Waals surface area contributed by atoms with Crippen molar-refractivity contribution in [2.45, 2.75) is 51.6 Å². The van der Waals surface area contributed by atoms with Crippen LogP contribution in [0.2, 0.25) is 0 Å². The summed E-state index contributed by atoms with van der Waals surface area (Å²) in [6, 6.07) is -0.417. The first-order valence-corrected chi connectivity index (χ1v) is 6.37. The minimum atomic E-state index is -0.762. The van der Waals surface area contributed by atoms with Gasteiger partial charge >= 0.3 is 5.97 Å². The molecule has 0 bridgehead atoms. The number of likely N-dealkylation sites (tertiary alicyclic amines) is 1. The number of nitrogens with zero attached hydrogens (tertiary/aromatic N) is 3. The van der Waals surface area contributed by atoms with Gasteiger partial charge in [-0.05, 0) is 19.4 Å². The lowest BCUT2D eigenvalue weighted by Crippen LogP contribution is -2.44. The molecule has 0 saturated carbocycles. The molecule has 0 aliphatic carbocycles. The topological polar surface area (TPSA) is 79.5 Å². The third kappa shape index (κ3) is 3.91. The van der Waals surface area contributed by atoms with Crippen molar-refractivity contribution < 1.29 is 14.4 Å². The molecule has 2 heterocycles. The Labute approximate surface area is 118 Å². The Morgan fingerprint density at radius 1 is 1.53 bits per heavy atom. The summed E-state index contributed by atoms with van der Waals surface area (Å²) < 4.78 is 5.13. The zero-order valence-corrected chi connectivity index (χ0v) is 12.0. The Hall–Kier alpha value is -1.14. The Bertz CT molecular complexity index is 422. The van der Waals surface area contributed by atoms with Crippen LogP contribution in [-0.2, 0) is 11.3 Å². The fourth-order valence-electron chi connectivity index (χ4n) is 2.21. The molecule has 1 fully saturated rings. The molecule has 2 rings (SSSR count). The molecule has 1 aromatic heterocycles. The molecular weight excluding hydrogens is 270 g/mol. The number of rotatable bonds is 4. The molecule has 1 aliphatic heterocycles. The van der Waals surface area contributed by atoms with Gasteiger partial charge in [-0.25, -0.2) is 0 Å². The Kier molecular flexibility index (Phi) is 5.75. The number of piperidine rings is 1. The van der Waals surface area contributed by atoms with Crippen molar-refractivity contribution in [2.24, 2.45) is 0 Å². The number of aromatic nitrogens is 2. The summed E-state index contributed by atoms with van der Waals surface area (Å²) in [5.41, 5.74) is 0. The van der Waals surface area contributed by atoms with Crippen molar-refractivity contribution in [1.82, 2.24) is 15.0 Å². The largest absolute Gasteiger partial charge is 0.480 e. The maximum Gasteiger partial charge on any atom is 0.320 e. The zero-order chi connectivity index (χ0) is 13.1. The predicted molar refractivity (Wildman–Crippen MR) is 71.3 cm³/mol. The van der Waals surface area contributed by atoms with Gasteiger partial charge < -0.3 is 9.63 Å². The molecule has 0 aromatic carbocycles. The number of carboxylic acids is 1. The summed E-state index contributed by atoms with van der Waals surface area (Å²) in [6.07, 6.45) is 2.69. The Morgan fingerprint density at radius 3 is 2.84 bits per heavy atom. The monoisotopic (exact) mass is 289 g/mol. The third-order valence-corrected chi connectivity index (χ3v) is 3.22. The molecule has 1 aliphatic rings. The molecular formula is C12H20ClN3O3. The van der Waals surface area contributed by atoms with Crippen LogP contribution in [0, 0.1) is 0 Å². The lowest BCUT2D eigenvalue weighted by Gasteiger charge is -2.31. The van der Waals surface area contributed by atoms with Gasteiger partial charge in [-0.3, -0.25) is 9.69 Å². The predicted octanol–water partition coefficient (Wildman–Crippen LogP) is 2.05. The van der Waals surface area contributed by atoms with E-state index in [2.05, 4.69) is 10.1 Å². The van der Waals surface area contributed by atoms with E-state index >= 15 is 0 Å². The average molecular weight is 290 g/mol. The molecule has 0 spiro atoms. The highest BCUT2D eigenvalue weighted by molar-refractivity contribution is 5.85. The summed E-state index contributed by atoms with van der Waals surface area (Å²) >= 11 is 0. The number of carbonyl (C=O) groups is 1. The second-order valence-corrected chi connectivity index (χ2v) is 5.02. The molecule has 1 N–H and O–H groups in total. The van der Waals surface area contributed by atoms with Crippen LogP contribution in [0.25, 0.3) is 0 Å². The normalized spacial score (nSPS) is 20.3. The molecule has 1 aromatic rings. The van der Waals surface area contributed by atoms with Crippen molar-refractivity contribution >= 4 is 18.4 Å².